The SMILES string of the molecule is CCN(C(=O)c1nnn(-c2cccc3cccnc23)c1C)[C@@H]1CC(=O)NC1=O. The Labute approximate surface area is 160 Å². The molecular formula is C19H18N6O3. The van der Waals surface area contributed by atoms with Gasteiger partial charge in [-0.15, -0.1) is 5.10 Å². The van der Waals surface area contributed by atoms with Gasteiger partial charge >= 0.3 is 0 Å². The Morgan fingerprint density at radius 3 is 2.79 bits per heavy atom. The van der Waals surface area contributed by atoms with Crippen LogP contribution in [-0.4, -0.2) is 55.2 Å². The lowest BCUT2D eigenvalue weighted by atomic mass is 10.1. The lowest BCUT2D eigenvalue weighted by molar-refractivity contribution is -0.126. The third kappa shape index (κ3) is 2.81. The fraction of sp³-hybridized carbons (Fsp3) is 0.263. The summed E-state index contributed by atoms with van der Waals surface area (Å²) in [5.74, 6) is -1.29. The summed E-state index contributed by atoms with van der Waals surface area (Å²) in [6.07, 6.45) is 1.65. The summed E-state index contributed by atoms with van der Waals surface area (Å²) in [7, 11) is 0. The number of hydrogen-bond donors (Lipinski definition) is 1. The van der Waals surface area contributed by atoms with E-state index in [4.69, 9.17) is 0 Å². The number of benzene rings is 1. The number of rotatable bonds is 4. The lowest BCUT2D eigenvalue weighted by Gasteiger charge is -2.24. The van der Waals surface area contributed by atoms with Crippen LogP contribution in [0, 0.1) is 6.92 Å². The Kier molecular flexibility index (Phi) is 4.34. The molecule has 3 heterocycles. The number of fused-ring (bicyclic) bond motifs is 1. The van der Waals surface area contributed by atoms with Gasteiger partial charge in [0.05, 0.1) is 23.3 Å². The first-order valence-electron chi connectivity index (χ1n) is 8.92. The minimum atomic E-state index is -0.825. The highest BCUT2D eigenvalue weighted by Crippen LogP contribution is 2.22. The molecule has 3 aromatic rings. The van der Waals surface area contributed by atoms with Crippen LogP contribution >= 0.6 is 0 Å². The number of carbonyl (C=O) groups is 3. The van der Waals surface area contributed by atoms with Crippen molar-refractivity contribution in [2.45, 2.75) is 26.3 Å². The predicted molar refractivity (Wildman–Crippen MR) is 99.7 cm³/mol. The van der Waals surface area contributed by atoms with Crippen LogP contribution < -0.4 is 5.32 Å². The molecule has 1 atom stereocenters. The zero-order valence-electron chi connectivity index (χ0n) is 15.4. The number of nitrogens with zero attached hydrogens (tertiary/aromatic N) is 5. The van der Waals surface area contributed by atoms with Gasteiger partial charge in [0.25, 0.3) is 5.91 Å². The van der Waals surface area contributed by atoms with Crippen molar-refractivity contribution in [2.75, 3.05) is 6.54 Å². The standard InChI is InChI=1S/C19H18N6O3/c1-3-24(14-10-15(26)21-18(14)27)19(28)16-11(2)25(23-22-16)13-8-4-6-12-7-5-9-20-17(12)13/h4-9,14H,3,10H2,1-2H3,(H,21,26,27)/t14-/m1/s1. The van der Waals surface area contributed by atoms with Crippen LogP contribution in [0.4, 0.5) is 0 Å². The van der Waals surface area contributed by atoms with Crippen molar-refractivity contribution in [3.63, 3.8) is 0 Å². The minimum absolute atomic E-state index is 0.0428. The maximum absolute atomic E-state index is 13.0. The first-order valence-corrected chi connectivity index (χ1v) is 8.92. The highest BCUT2D eigenvalue weighted by molar-refractivity contribution is 6.08. The molecule has 1 fully saturated rings. The van der Waals surface area contributed by atoms with Crippen molar-refractivity contribution in [1.29, 1.82) is 0 Å². The van der Waals surface area contributed by atoms with Gasteiger partial charge in [-0.2, -0.15) is 0 Å². The van der Waals surface area contributed by atoms with Crippen molar-refractivity contribution in [2.24, 2.45) is 0 Å². The van der Waals surface area contributed by atoms with Crippen molar-refractivity contribution < 1.29 is 14.4 Å². The molecule has 3 amide bonds. The van der Waals surface area contributed by atoms with E-state index < -0.39 is 17.9 Å². The van der Waals surface area contributed by atoms with E-state index in [-0.39, 0.29) is 24.6 Å². The molecule has 0 saturated carbocycles. The molecule has 9 heteroatoms. The molecule has 1 aliphatic heterocycles. The van der Waals surface area contributed by atoms with Gasteiger partial charge in [-0.3, -0.25) is 24.7 Å². The molecule has 1 aliphatic rings. The highest BCUT2D eigenvalue weighted by Gasteiger charge is 2.38. The quantitative estimate of drug-likeness (QED) is 0.678. The van der Waals surface area contributed by atoms with E-state index in [2.05, 4.69) is 20.6 Å². The Balaban J connectivity index is 1.73. The summed E-state index contributed by atoms with van der Waals surface area (Å²) >= 11 is 0. The summed E-state index contributed by atoms with van der Waals surface area (Å²) in [5, 5.41) is 11.4. The maximum Gasteiger partial charge on any atom is 0.277 e. The number of likely N-dealkylation sites (N-methyl/N-ethyl adjacent to an activating group) is 1. The third-order valence-electron chi connectivity index (χ3n) is 4.86. The van der Waals surface area contributed by atoms with Gasteiger partial charge in [0.15, 0.2) is 5.69 Å². The van der Waals surface area contributed by atoms with E-state index in [1.165, 1.54) is 4.90 Å². The van der Waals surface area contributed by atoms with Gasteiger partial charge in [-0.05, 0) is 26.0 Å². The number of amides is 3. The van der Waals surface area contributed by atoms with Gasteiger partial charge in [-0.1, -0.05) is 23.4 Å². The van der Waals surface area contributed by atoms with E-state index in [1.54, 1.807) is 24.7 Å². The Morgan fingerprint density at radius 1 is 1.29 bits per heavy atom. The number of hydrogen-bond acceptors (Lipinski definition) is 6. The average Bonchev–Trinajstić information content (AvgIpc) is 3.23. The van der Waals surface area contributed by atoms with Crippen LogP contribution in [0.15, 0.2) is 36.5 Å². The van der Waals surface area contributed by atoms with Crippen molar-refractivity contribution in [3.05, 3.63) is 47.9 Å². The van der Waals surface area contributed by atoms with E-state index in [1.807, 2.05) is 30.3 Å². The van der Waals surface area contributed by atoms with Gasteiger partial charge in [0, 0.05) is 18.1 Å². The molecule has 2 aromatic heterocycles. The molecule has 0 spiro atoms. The highest BCUT2D eigenvalue weighted by atomic mass is 16.2. The topological polar surface area (TPSA) is 110 Å². The van der Waals surface area contributed by atoms with Crippen LogP contribution in [0.25, 0.3) is 16.6 Å². The molecule has 0 aliphatic carbocycles. The number of para-hydroxylation sites is 1. The van der Waals surface area contributed by atoms with Crippen LogP contribution in [0.1, 0.15) is 29.5 Å². The number of carbonyl (C=O) groups excluding carboxylic acids is 3. The van der Waals surface area contributed by atoms with Crippen molar-refractivity contribution >= 4 is 28.6 Å². The summed E-state index contributed by atoms with van der Waals surface area (Å²) in [4.78, 5) is 42.3. The Bertz CT molecular complexity index is 1100. The summed E-state index contributed by atoms with van der Waals surface area (Å²) in [6.45, 7) is 3.76. The van der Waals surface area contributed by atoms with Gasteiger partial charge < -0.3 is 4.90 Å². The van der Waals surface area contributed by atoms with Gasteiger partial charge in [-0.25, -0.2) is 4.68 Å². The molecule has 4 rings (SSSR count). The van der Waals surface area contributed by atoms with E-state index in [0.29, 0.717) is 11.4 Å². The average molecular weight is 378 g/mol. The molecular weight excluding hydrogens is 360 g/mol. The summed E-state index contributed by atoms with van der Waals surface area (Å²) < 4.78 is 1.57. The molecule has 0 bridgehead atoms. The lowest BCUT2D eigenvalue weighted by Crippen LogP contribution is -2.44. The van der Waals surface area contributed by atoms with E-state index in [9.17, 15) is 14.4 Å². The smallest absolute Gasteiger partial charge is 0.277 e. The second-order valence-electron chi connectivity index (χ2n) is 6.51. The zero-order valence-corrected chi connectivity index (χ0v) is 15.4. The molecule has 0 unspecified atom stereocenters. The third-order valence-corrected chi connectivity index (χ3v) is 4.86. The Morgan fingerprint density at radius 2 is 2.07 bits per heavy atom. The van der Waals surface area contributed by atoms with E-state index >= 15 is 0 Å². The summed E-state index contributed by atoms with van der Waals surface area (Å²) in [6, 6.07) is 8.65. The van der Waals surface area contributed by atoms with Crippen molar-refractivity contribution in [1.82, 2.24) is 30.2 Å². The first kappa shape index (κ1) is 17.8. The predicted octanol–water partition coefficient (Wildman–Crippen LogP) is 1.00. The first-order chi connectivity index (χ1) is 13.5. The molecule has 9 nitrogen and oxygen atoms in total. The molecule has 0 radical (unpaired) electrons. The largest absolute Gasteiger partial charge is 0.325 e. The van der Waals surface area contributed by atoms with Crippen LogP contribution in [0.2, 0.25) is 0 Å². The fourth-order valence-corrected chi connectivity index (χ4v) is 3.45. The number of pyridine rings is 1. The molecule has 142 valence electrons. The molecule has 28 heavy (non-hydrogen) atoms. The second-order valence-corrected chi connectivity index (χ2v) is 6.51. The molecule has 1 aromatic carbocycles. The number of imide groups is 1. The number of aromatic nitrogens is 4. The van der Waals surface area contributed by atoms with Crippen LogP contribution in [0.5, 0.6) is 0 Å². The summed E-state index contributed by atoms with van der Waals surface area (Å²) in [5.41, 5.74) is 2.12. The van der Waals surface area contributed by atoms with Gasteiger partial charge in [0.1, 0.15) is 6.04 Å². The van der Waals surface area contributed by atoms with Crippen molar-refractivity contribution in [3.8, 4) is 5.69 Å². The van der Waals surface area contributed by atoms with Crippen LogP contribution in [-0.2, 0) is 9.59 Å². The maximum atomic E-state index is 13.0. The van der Waals surface area contributed by atoms with Crippen LogP contribution in [0.3, 0.4) is 0 Å². The van der Waals surface area contributed by atoms with E-state index in [0.717, 1.165) is 10.9 Å². The molecule has 1 N–H and O–H groups in total. The zero-order chi connectivity index (χ0) is 19.8. The monoisotopic (exact) mass is 378 g/mol. The second kappa shape index (κ2) is 6.84. The normalized spacial score (nSPS) is 16.4. The number of nitrogens with one attached hydrogen (secondary N) is 1. The van der Waals surface area contributed by atoms with Gasteiger partial charge in [0.2, 0.25) is 11.8 Å². The molecule has 1 saturated heterocycles. The minimum Gasteiger partial charge on any atom is -0.325 e. The Hall–Kier alpha value is -3.62. The fourth-order valence-electron chi connectivity index (χ4n) is 3.45.